The third-order valence-corrected chi connectivity index (χ3v) is 8.26. The van der Waals surface area contributed by atoms with Gasteiger partial charge < -0.3 is 19.3 Å². The molecule has 2 aliphatic rings. The summed E-state index contributed by atoms with van der Waals surface area (Å²) in [7, 11) is 5.68. The molecule has 1 aromatic carbocycles. The van der Waals surface area contributed by atoms with E-state index in [-0.39, 0.29) is 29.6 Å². The number of piperidine rings is 2. The molecule has 0 aliphatic carbocycles. The smallest absolute Gasteiger partial charge is 0.294 e. The van der Waals surface area contributed by atoms with Gasteiger partial charge in [0.25, 0.3) is 5.19 Å². The van der Waals surface area contributed by atoms with Gasteiger partial charge in [-0.15, -0.1) is 5.10 Å². The number of aryl methyl sites for hydroxylation is 1. The summed E-state index contributed by atoms with van der Waals surface area (Å²) < 4.78 is 19.7. The third kappa shape index (κ3) is 3.98. The van der Waals surface area contributed by atoms with Crippen LogP contribution in [0.3, 0.4) is 0 Å². The average Bonchev–Trinajstić information content (AvgIpc) is 3.44. The molecule has 1 N–H and O–H groups in total. The SMILES string of the molecule is COC1CC2CC(Oc3nnc(-c4ccc(-n5ccc(C)n5)cc4O)s3)CC(C)(C1OC)N2C. The number of methoxy groups -OCH3 is 2. The summed E-state index contributed by atoms with van der Waals surface area (Å²) in [5.41, 5.74) is 2.11. The van der Waals surface area contributed by atoms with Gasteiger partial charge in [-0.25, -0.2) is 4.68 Å². The van der Waals surface area contributed by atoms with Crippen molar-refractivity contribution in [2.45, 2.75) is 63.0 Å². The number of ether oxygens (including phenoxy) is 3. The molecule has 10 heteroatoms. The molecule has 34 heavy (non-hydrogen) atoms. The van der Waals surface area contributed by atoms with E-state index >= 15 is 0 Å². The summed E-state index contributed by atoms with van der Waals surface area (Å²) in [6, 6.07) is 7.68. The normalized spacial score (nSPS) is 29.3. The lowest BCUT2D eigenvalue weighted by molar-refractivity contribution is -0.189. The molecule has 0 amide bonds. The molecule has 2 aliphatic heterocycles. The van der Waals surface area contributed by atoms with Crippen molar-refractivity contribution in [2.75, 3.05) is 21.3 Å². The van der Waals surface area contributed by atoms with Gasteiger partial charge in [-0.3, -0.25) is 4.90 Å². The maximum absolute atomic E-state index is 10.6. The Morgan fingerprint density at radius 3 is 2.65 bits per heavy atom. The zero-order valence-electron chi connectivity index (χ0n) is 20.1. The number of aromatic hydroxyl groups is 1. The van der Waals surface area contributed by atoms with Gasteiger partial charge in [-0.1, -0.05) is 16.4 Å². The van der Waals surface area contributed by atoms with Gasteiger partial charge in [0.05, 0.1) is 28.6 Å². The Kier molecular flexibility index (Phi) is 6.09. The number of nitrogens with zero attached hydrogens (tertiary/aromatic N) is 5. The van der Waals surface area contributed by atoms with E-state index < -0.39 is 0 Å². The first-order valence-electron chi connectivity index (χ1n) is 11.5. The van der Waals surface area contributed by atoms with Crippen LogP contribution in [-0.2, 0) is 9.47 Å². The van der Waals surface area contributed by atoms with E-state index in [0.717, 1.165) is 30.6 Å². The van der Waals surface area contributed by atoms with Gasteiger partial charge in [-0.2, -0.15) is 5.10 Å². The van der Waals surface area contributed by atoms with Crippen LogP contribution in [0.15, 0.2) is 30.5 Å². The Hall–Kier alpha value is -2.53. The van der Waals surface area contributed by atoms with Crippen LogP contribution in [-0.4, -0.2) is 81.1 Å². The Morgan fingerprint density at radius 2 is 1.97 bits per heavy atom. The van der Waals surface area contributed by atoms with Crippen LogP contribution in [0.1, 0.15) is 31.9 Å². The third-order valence-electron chi connectivity index (χ3n) is 7.41. The highest BCUT2D eigenvalue weighted by molar-refractivity contribution is 7.16. The number of likely N-dealkylation sites (N-methyl/N-ethyl adjacent to an activating group) is 1. The van der Waals surface area contributed by atoms with Gasteiger partial charge in [-0.05, 0) is 45.5 Å². The summed E-state index contributed by atoms with van der Waals surface area (Å²) in [5, 5.41) is 24.7. The molecule has 2 bridgehead atoms. The molecule has 182 valence electrons. The number of hydrogen-bond donors (Lipinski definition) is 1. The molecule has 2 saturated heterocycles. The topological polar surface area (TPSA) is 94.8 Å². The largest absolute Gasteiger partial charge is 0.507 e. The maximum atomic E-state index is 10.6. The quantitative estimate of drug-likeness (QED) is 0.567. The first-order chi connectivity index (χ1) is 16.3. The van der Waals surface area contributed by atoms with E-state index in [9.17, 15) is 5.11 Å². The van der Waals surface area contributed by atoms with Crippen molar-refractivity contribution in [1.29, 1.82) is 0 Å². The lowest BCUT2D eigenvalue weighted by atomic mass is 9.71. The predicted octanol–water partition coefficient (Wildman–Crippen LogP) is 3.44. The van der Waals surface area contributed by atoms with Crippen molar-refractivity contribution in [3.63, 3.8) is 0 Å². The van der Waals surface area contributed by atoms with Crippen LogP contribution in [0.25, 0.3) is 16.3 Å². The molecule has 3 aromatic rings. The number of rotatable bonds is 6. The summed E-state index contributed by atoms with van der Waals surface area (Å²) in [6.07, 6.45) is 4.49. The van der Waals surface area contributed by atoms with Gasteiger partial charge in [0.1, 0.15) is 18.0 Å². The average molecular weight is 486 g/mol. The molecule has 5 rings (SSSR count). The Balaban J connectivity index is 1.32. The Bertz CT molecular complexity index is 1170. The van der Waals surface area contributed by atoms with Crippen molar-refractivity contribution in [3.05, 3.63) is 36.2 Å². The van der Waals surface area contributed by atoms with Crippen LogP contribution in [0, 0.1) is 6.92 Å². The van der Waals surface area contributed by atoms with E-state index in [0.29, 0.717) is 21.8 Å². The number of phenols is 1. The zero-order chi connectivity index (χ0) is 24.0. The highest BCUT2D eigenvalue weighted by Crippen LogP contribution is 2.44. The van der Waals surface area contributed by atoms with Crippen LogP contribution >= 0.6 is 11.3 Å². The minimum atomic E-state index is -0.201. The Morgan fingerprint density at radius 1 is 1.15 bits per heavy atom. The molecule has 0 saturated carbocycles. The van der Waals surface area contributed by atoms with E-state index in [1.54, 1.807) is 25.0 Å². The summed E-state index contributed by atoms with van der Waals surface area (Å²) >= 11 is 1.34. The summed E-state index contributed by atoms with van der Waals surface area (Å²) in [6.45, 7) is 4.15. The zero-order valence-corrected chi connectivity index (χ0v) is 21.0. The molecule has 0 spiro atoms. The van der Waals surface area contributed by atoms with Crippen molar-refractivity contribution >= 4 is 11.3 Å². The minimum Gasteiger partial charge on any atom is -0.507 e. The van der Waals surface area contributed by atoms with Crippen LogP contribution < -0.4 is 4.74 Å². The molecule has 4 heterocycles. The van der Waals surface area contributed by atoms with Gasteiger partial charge in [0.2, 0.25) is 0 Å². The van der Waals surface area contributed by atoms with Gasteiger partial charge in [0.15, 0.2) is 5.01 Å². The summed E-state index contributed by atoms with van der Waals surface area (Å²) in [4.78, 5) is 2.42. The minimum absolute atomic E-state index is 0.00137. The van der Waals surface area contributed by atoms with E-state index in [1.807, 2.05) is 31.3 Å². The number of hydrogen-bond acceptors (Lipinski definition) is 9. The predicted molar refractivity (Wildman–Crippen MR) is 129 cm³/mol. The summed E-state index contributed by atoms with van der Waals surface area (Å²) in [5.74, 6) is 0.128. The van der Waals surface area contributed by atoms with Crippen molar-refractivity contribution in [1.82, 2.24) is 24.9 Å². The van der Waals surface area contributed by atoms with Crippen LogP contribution in [0.2, 0.25) is 0 Å². The molecule has 9 nitrogen and oxygen atoms in total. The first kappa shape index (κ1) is 23.2. The van der Waals surface area contributed by atoms with Crippen LogP contribution in [0.4, 0.5) is 0 Å². The monoisotopic (exact) mass is 485 g/mol. The molecular weight excluding hydrogens is 454 g/mol. The molecule has 0 radical (unpaired) electrons. The highest BCUT2D eigenvalue weighted by atomic mass is 32.1. The molecule has 5 atom stereocenters. The standard InChI is InChI=1S/C24H31N5O4S/c1-14-8-9-29(27-14)15-6-7-18(19(30)11-15)22-25-26-23(34-22)33-17-10-16-12-20(31-4)21(32-5)24(2,13-17)28(16)3/h6-9,11,16-17,20-21,30H,10,12-13H2,1-5H3. The lowest BCUT2D eigenvalue weighted by Crippen LogP contribution is -2.70. The van der Waals surface area contributed by atoms with Crippen LogP contribution in [0.5, 0.6) is 10.9 Å². The number of phenolic OH excluding ortho intramolecular Hbond substituents is 1. The fourth-order valence-electron chi connectivity index (χ4n) is 5.56. The Labute approximate surface area is 203 Å². The second-order valence-corrected chi connectivity index (χ2v) is 10.4. The fourth-order valence-corrected chi connectivity index (χ4v) is 6.35. The van der Waals surface area contributed by atoms with E-state index in [2.05, 4.69) is 34.2 Å². The highest BCUT2D eigenvalue weighted by Gasteiger charge is 2.55. The molecular formula is C24H31N5O4S. The maximum Gasteiger partial charge on any atom is 0.294 e. The second kappa shape index (κ2) is 8.92. The molecule has 2 aromatic heterocycles. The fraction of sp³-hybridized carbons (Fsp3) is 0.542. The second-order valence-electron chi connectivity index (χ2n) is 9.44. The number of fused-ring (bicyclic) bond motifs is 2. The molecule has 5 unspecified atom stereocenters. The van der Waals surface area contributed by atoms with Gasteiger partial charge >= 0.3 is 0 Å². The van der Waals surface area contributed by atoms with E-state index in [1.165, 1.54) is 11.3 Å². The van der Waals surface area contributed by atoms with Crippen molar-refractivity contribution in [2.24, 2.45) is 0 Å². The number of benzene rings is 1. The molecule has 2 fully saturated rings. The van der Waals surface area contributed by atoms with Crippen molar-refractivity contribution < 1.29 is 19.3 Å². The van der Waals surface area contributed by atoms with Gasteiger partial charge in [0, 0.05) is 45.4 Å². The van der Waals surface area contributed by atoms with E-state index in [4.69, 9.17) is 14.2 Å². The first-order valence-corrected chi connectivity index (χ1v) is 12.3. The van der Waals surface area contributed by atoms with Crippen molar-refractivity contribution in [3.8, 4) is 27.2 Å². The number of aromatic nitrogens is 4. The lowest BCUT2D eigenvalue weighted by Gasteiger charge is -2.58.